The van der Waals surface area contributed by atoms with E-state index in [1.165, 1.54) is 26.3 Å². The topological polar surface area (TPSA) is 108 Å². The molecule has 2 aliphatic heterocycles. The average molecular weight is 483 g/mol. The molecule has 2 N–H and O–H groups in total. The predicted molar refractivity (Wildman–Crippen MR) is 129 cm³/mol. The van der Waals surface area contributed by atoms with Crippen LogP contribution in [-0.4, -0.2) is 59.4 Å². The highest BCUT2D eigenvalue weighted by atomic mass is 16.6. The van der Waals surface area contributed by atoms with E-state index in [0.29, 0.717) is 30.0 Å². The Hall–Kier alpha value is -3.10. The maximum Gasteiger partial charge on any atom is 0.418 e. The first-order chi connectivity index (χ1) is 16.8. The van der Waals surface area contributed by atoms with Gasteiger partial charge in [0.05, 0.1) is 0 Å². The number of rotatable bonds is 4. The Bertz CT molecular complexity index is 1050. The third-order valence-electron chi connectivity index (χ3n) is 8.33. The number of amides is 5. The van der Waals surface area contributed by atoms with Gasteiger partial charge in [-0.25, -0.2) is 14.5 Å². The summed E-state index contributed by atoms with van der Waals surface area (Å²) < 4.78 is 5.70. The molecule has 1 aromatic carbocycles. The lowest BCUT2D eigenvalue weighted by Crippen LogP contribution is -2.50. The number of carbonyl (C=O) groups excluding carboxylic acids is 4. The largest absolute Gasteiger partial charge is 0.427 e. The number of nitrogens with zero attached hydrogens (tertiary/aromatic N) is 2. The number of urea groups is 1. The number of hydrogen-bond donors (Lipinski definition) is 2. The van der Waals surface area contributed by atoms with Gasteiger partial charge in [-0.2, -0.15) is 0 Å². The number of carbonyl (C=O) groups is 4. The number of fused-ring (bicyclic) bond motifs is 2. The van der Waals surface area contributed by atoms with Crippen LogP contribution in [0.25, 0.3) is 0 Å². The minimum absolute atomic E-state index is 0.107. The molecule has 9 heteroatoms. The van der Waals surface area contributed by atoms with Crippen molar-refractivity contribution in [2.45, 2.75) is 82.4 Å². The maximum absolute atomic E-state index is 13.6. The Morgan fingerprint density at radius 3 is 2.63 bits per heavy atom. The Kier molecular flexibility index (Phi) is 6.19. The van der Waals surface area contributed by atoms with Crippen LogP contribution in [0.2, 0.25) is 0 Å². The number of hydrogen-bond acceptors (Lipinski definition) is 5. The van der Waals surface area contributed by atoms with Crippen LogP contribution in [0.1, 0.15) is 69.4 Å². The minimum atomic E-state index is -1.39. The zero-order valence-electron chi connectivity index (χ0n) is 20.5. The van der Waals surface area contributed by atoms with E-state index in [9.17, 15) is 19.2 Å². The van der Waals surface area contributed by atoms with Gasteiger partial charge in [0, 0.05) is 36.8 Å². The van der Waals surface area contributed by atoms with E-state index in [1.54, 1.807) is 18.2 Å². The van der Waals surface area contributed by atoms with Crippen molar-refractivity contribution >= 4 is 29.6 Å². The molecular weight excluding hydrogens is 448 g/mol. The van der Waals surface area contributed by atoms with Crippen LogP contribution in [0, 0.1) is 5.92 Å². The molecule has 2 saturated heterocycles. The molecule has 5 rings (SSSR count). The van der Waals surface area contributed by atoms with E-state index in [2.05, 4.69) is 17.6 Å². The van der Waals surface area contributed by atoms with Gasteiger partial charge in [-0.15, -0.1) is 0 Å². The smallest absolute Gasteiger partial charge is 0.418 e. The van der Waals surface area contributed by atoms with Gasteiger partial charge in [-0.1, -0.05) is 25.3 Å². The summed E-state index contributed by atoms with van der Waals surface area (Å²) in [6.45, 7) is 1.78. The Labute approximate surface area is 205 Å². The third-order valence-corrected chi connectivity index (χ3v) is 8.33. The fourth-order valence-electron chi connectivity index (χ4n) is 6.57. The number of anilines is 1. The molecule has 3 fully saturated rings. The van der Waals surface area contributed by atoms with Gasteiger partial charge in [0.15, 0.2) is 0 Å². The van der Waals surface area contributed by atoms with Crippen molar-refractivity contribution in [3.05, 3.63) is 29.3 Å². The van der Waals surface area contributed by atoms with E-state index in [1.807, 2.05) is 4.90 Å². The second-order valence-electron chi connectivity index (χ2n) is 10.4. The summed E-state index contributed by atoms with van der Waals surface area (Å²) in [4.78, 5) is 54.5. The molecule has 0 bridgehead atoms. The molecule has 1 saturated carbocycles. The summed E-state index contributed by atoms with van der Waals surface area (Å²) in [7, 11) is 1.53. The highest BCUT2D eigenvalue weighted by molar-refractivity contribution is 6.06. The molecule has 5 amide bonds. The van der Waals surface area contributed by atoms with Crippen LogP contribution in [0.4, 0.5) is 15.3 Å². The molecule has 1 spiro atoms. The van der Waals surface area contributed by atoms with E-state index in [-0.39, 0.29) is 30.6 Å². The number of likely N-dealkylation sites (tertiary alicyclic amines) is 1. The van der Waals surface area contributed by atoms with Crippen molar-refractivity contribution in [3.63, 3.8) is 0 Å². The lowest BCUT2D eigenvalue weighted by molar-refractivity contribution is -0.143. The third kappa shape index (κ3) is 4.04. The van der Waals surface area contributed by atoms with E-state index < -0.39 is 17.6 Å². The number of nitrogens with one attached hydrogen (secondary N) is 2. The SMILES string of the molecule is CNC(=O)Nc1ccc2c(c1)CCC21OC(=O)N(CC(=O)N2[C@@H](C)CC[C@H]2C2CCCCC2)C1=O. The summed E-state index contributed by atoms with van der Waals surface area (Å²) in [5, 5.41) is 5.22. The van der Waals surface area contributed by atoms with Crippen LogP contribution < -0.4 is 10.6 Å². The number of benzene rings is 1. The standard InChI is InChI=1S/C26H34N4O5/c1-16-8-11-21(17-6-4-3-5-7-17)30(16)22(31)15-29-23(32)26(35-25(29)34)13-12-18-14-19(9-10-20(18)26)28-24(33)27-2/h9-10,14,16-17,21H,3-8,11-13,15H2,1-2H3,(H2,27,28,33)/t16-,21-,26?/m0/s1. The van der Waals surface area contributed by atoms with Crippen molar-refractivity contribution in [1.82, 2.24) is 15.1 Å². The van der Waals surface area contributed by atoms with Crippen LogP contribution >= 0.6 is 0 Å². The lowest BCUT2D eigenvalue weighted by atomic mass is 9.83. The summed E-state index contributed by atoms with van der Waals surface area (Å²) in [5.41, 5.74) is 0.680. The van der Waals surface area contributed by atoms with Gasteiger partial charge in [0.2, 0.25) is 11.5 Å². The summed E-state index contributed by atoms with van der Waals surface area (Å²) in [6, 6.07) is 5.18. The zero-order chi connectivity index (χ0) is 24.7. The molecule has 3 atom stereocenters. The normalized spacial score (nSPS) is 28.4. The predicted octanol–water partition coefficient (Wildman–Crippen LogP) is 3.52. The summed E-state index contributed by atoms with van der Waals surface area (Å²) >= 11 is 0. The Morgan fingerprint density at radius 2 is 1.89 bits per heavy atom. The molecular formula is C26H34N4O5. The zero-order valence-corrected chi connectivity index (χ0v) is 20.5. The van der Waals surface area contributed by atoms with Crippen molar-refractivity contribution in [2.24, 2.45) is 5.92 Å². The maximum atomic E-state index is 13.6. The first kappa shape index (κ1) is 23.6. The molecule has 188 valence electrons. The Balaban J connectivity index is 1.32. The summed E-state index contributed by atoms with van der Waals surface area (Å²) in [6.07, 6.45) is 7.99. The average Bonchev–Trinajstić information content (AvgIpc) is 3.49. The van der Waals surface area contributed by atoms with Gasteiger partial charge < -0.3 is 20.3 Å². The number of aryl methyl sites for hydroxylation is 1. The fraction of sp³-hybridized carbons (Fsp3) is 0.615. The summed E-state index contributed by atoms with van der Waals surface area (Å²) in [5.74, 6) is -0.136. The quantitative estimate of drug-likeness (QED) is 0.683. The first-order valence-corrected chi connectivity index (χ1v) is 12.8. The van der Waals surface area contributed by atoms with Crippen LogP contribution in [0.3, 0.4) is 0 Å². The molecule has 9 nitrogen and oxygen atoms in total. The molecule has 2 aliphatic carbocycles. The van der Waals surface area contributed by atoms with Gasteiger partial charge in [0.1, 0.15) is 6.54 Å². The van der Waals surface area contributed by atoms with Crippen LogP contribution in [0.5, 0.6) is 0 Å². The van der Waals surface area contributed by atoms with Crippen LogP contribution in [0.15, 0.2) is 18.2 Å². The molecule has 35 heavy (non-hydrogen) atoms. The molecule has 1 unspecified atom stereocenters. The Morgan fingerprint density at radius 1 is 1.11 bits per heavy atom. The molecule has 2 heterocycles. The van der Waals surface area contributed by atoms with Gasteiger partial charge in [0.25, 0.3) is 5.91 Å². The minimum Gasteiger partial charge on any atom is -0.427 e. The molecule has 0 radical (unpaired) electrons. The second-order valence-corrected chi connectivity index (χ2v) is 10.4. The monoisotopic (exact) mass is 482 g/mol. The van der Waals surface area contributed by atoms with Crippen molar-refractivity contribution in [2.75, 3.05) is 18.9 Å². The molecule has 1 aromatic rings. The lowest BCUT2D eigenvalue weighted by Gasteiger charge is -2.36. The van der Waals surface area contributed by atoms with E-state index in [4.69, 9.17) is 4.74 Å². The van der Waals surface area contributed by atoms with E-state index in [0.717, 1.165) is 36.1 Å². The molecule has 0 aromatic heterocycles. The fourth-order valence-corrected chi connectivity index (χ4v) is 6.57. The van der Waals surface area contributed by atoms with Gasteiger partial charge in [-0.3, -0.25) is 9.59 Å². The van der Waals surface area contributed by atoms with Crippen LogP contribution in [-0.2, 0) is 26.3 Å². The molecule has 4 aliphatic rings. The van der Waals surface area contributed by atoms with Crippen molar-refractivity contribution in [1.29, 1.82) is 0 Å². The van der Waals surface area contributed by atoms with E-state index >= 15 is 0 Å². The van der Waals surface area contributed by atoms with Crippen molar-refractivity contribution in [3.8, 4) is 0 Å². The first-order valence-electron chi connectivity index (χ1n) is 12.8. The van der Waals surface area contributed by atoms with Gasteiger partial charge >= 0.3 is 12.1 Å². The highest BCUT2D eigenvalue weighted by Crippen LogP contribution is 2.46. The van der Waals surface area contributed by atoms with Gasteiger partial charge in [-0.05, 0) is 62.6 Å². The van der Waals surface area contributed by atoms with Crippen molar-refractivity contribution < 1.29 is 23.9 Å². The number of ether oxygens (including phenoxy) is 1. The number of imide groups is 1. The highest BCUT2D eigenvalue weighted by Gasteiger charge is 2.58. The second kappa shape index (κ2) is 9.17.